The zero-order chi connectivity index (χ0) is 17.6. The number of nitrogens with two attached hydrogens (primary N) is 1. The Bertz CT molecular complexity index is 536. The third-order valence-electron chi connectivity index (χ3n) is 4.45. The smallest absolute Gasteiger partial charge is 0.191 e. The van der Waals surface area contributed by atoms with Crippen LogP contribution < -0.4 is 10.6 Å². The van der Waals surface area contributed by atoms with Crippen LogP contribution in [-0.2, 0) is 4.74 Å². The van der Waals surface area contributed by atoms with Gasteiger partial charge in [-0.05, 0) is 36.1 Å². The van der Waals surface area contributed by atoms with E-state index in [1.165, 1.54) is 12.1 Å². The molecule has 1 heterocycles. The maximum absolute atomic E-state index is 13.0. The highest BCUT2D eigenvalue weighted by atomic mass is 19.1. The first-order valence-electron chi connectivity index (χ1n) is 8.46. The van der Waals surface area contributed by atoms with E-state index in [1.807, 2.05) is 12.1 Å². The summed E-state index contributed by atoms with van der Waals surface area (Å²) in [5.74, 6) is 0.407. The van der Waals surface area contributed by atoms with Gasteiger partial charge in [0.1, 0.15) is 5.82 Å². The van der Waals surface area contributed by atoms with Crippen molar-refractivity contribution in [2.24, 2.45) is 16.1 Å². The fraction of sp³-hybridized carbons (Fsp3) is 0.611. The van der Waals surface area contributed by atoms with Crippen LogP contribution in [0, 0.1) is 11.2 Å². The van der Waals surface area contributed by atoms with Gasteiger partial charge in [-0.1, -0.05) is 13.8 Å². The summed E-state index contributed by atoms with van der Waals surface area (Å²) >= 11 is 0. The summed E-state index contributed by atoms with van der Waals surface area (Å²) in [5, 5.41) is 0. The monoisotopic (exact) mass is 336 g/mol. The molecule has 6 heteroatoms. The minimum absolute atomic E-state index is 0.0799. The van der Waals surface area contributed by atoms with Gasteiger partial charge in [-0.3, -0.25) is 4.99 Å². The molecule has 2 N–H and O–H groups in total. The zero-order valence-electron chi connectivity index (χ0n) is 15.0. The highest BCUT2D eigenvalue weighted by Gasteiger charge is 2.21. The summed E-state index contributed by atoms with van der Waals surface area (Å²) in [4.78, 5) is 8.94. The van der Waals surface area contributed by atoms with E-state index in [2.05, 4.69) is 28.6 Å². The Balaban J connectivity index is 1.84. The molecule has 0 spiro atoms. The first kappa shape index (κ1) is 18.5. The summed E-state index contributed by atoms with van der Waals surface area (Å²) in [6.45, 7) is 9.14. The molecule has 0 aliphatic carbocycles. The third-order valence-corrected chi connectivity index (χ3v) is 4.45. The number of ether oxygens (including phenoxy) is 1. The van der Waals surface area contributed by atoms with E-state index in [1.54, 1.807) is 7.11 Å². The molecule has 0 amide bonds. The molecule has 1 aliphatic rings. The predicted molar refractivity (Wildman–Crippen MR) is 96.9 cm³/mol. The van der Waals surface area contributed by atoms with Crippen molar-refractivity contribution < 1.29 is 9.13 Å². The molecule has 1 aromatic rings. The van der Waals surface area contributed by atoms with Crippen molar-refractivity contribution in [1.29, 1.82) is 0 Å². The van der Waals surface area contributed by atoms with Gasteiger partial charge >= 0.3 is 0 Å². The Morgan fingerprint density at radius 1 is 1.21 bits per heavy atom. The summed E-state index contributed by atoms with van der Waals surface area (Å²) < 4.78 is 18.2. The average molecular weight is 336 g/mol. The number of nitrogens with zero attached hydrogens (tertiary/aromatic N) is 3. The molecular weight excluding hydrogens is 307 g/mol. The molecule has 2 rings (SSSR count). The number of hydrogen-bond donors (Lipinski definition) is 1. The maximum Gasteiger partial charge on any atom is 0.191 e. The number of hydrogen-bond acceptors (Lipinski definition) is 3. The van der Waals surface area contributed by atoms with Crippen molar-refractivity contribution in [3.8, 4) is 0 Å². The summed E-state index contributed by atoms with van der Waals surface area (Å²) in [5.41, 5.74) is 7.29. The second-order valence-corrected chi connectivity index (χ2v) is 7.03. The number of halogens is 1. The predicted octanol–water partition coefficient (Wildman–Crippen LogP) is 2.33. The fourth-order valence-electron chi connectivity index (χ4n) is 2.70. The van der Waals surface area contributed by atoms with Gasteiger partial charge in [0.2, 0.25) is 0 Å². The molecule has 134 valence electrons. The Morgan fingerprint density at radius 2 is 1.83 bits per heavy atom. The normalized spacial score (nSPS) is 16.6. The number of methoxy groups -OCH3 is 1. The molecule has 0 atom stereocenters. The van der Waals surface area contributed by atoms with Crippen molar-refractivity contribution >= 4 is 11.6 Å². The minimum Gasteiger partial charge on any atom is -0.385 e. The standard InChI is InChI=1S/C18H29FN4O/c1-18(2,8-13-24-3)14-21-17(20)23-11-9-22(10-12-23)16-6-4-15(19)5-7-16/h4-7H,8-14H2,1-3H3,(H2,20,21). The largest absolute Gasteiger partial charge is 0.385 e. The van der Waals surface area contributed by atoms with Gasteiger partial charge < -0.3 is 20.3 Å². The van der Waals surface area contributed by atoms with Crippen molar-refractivity contribution in [2.75, 3.05) is 51.3 Å². The highest BCUT2D eigenvalue weighted by Crippen LogP contribution is 2.21. The van der Waals surface area contributed by atoms with E-state index < -0.39 is 0 Å². The molecule has 1 aromatic carbocycles. The van der Waals surface area contributed by atoms with E-state index in [0.29, 0.717) is 12.5 Å². The first-order chi connectivity index (χ1) is 11.4. The van der Waals surface area contributed by atoms with E-state index >= 15 is 0 Å². The van der Waals surface area contributed by atoms with E-state index in [-0.39, 0.29) is 11.2 Å². The number of rotatable bonds is 6. The molecule has 1 fully saturated rings. The van der Waals surface area contributed by atoms with Crippen LogP contribution in [0.5, 0.6) is 0 Å². The van der Waals surface area contributed by atoms with Crippen LogP contribution in [0.2, 0.25) is 0 Å². The molecular formula is C18H29FN4O. The van der Waals surface area contributed by atoms with Crippen LogP contribution in [0.25, 0.3) is 0 Å². The molecule has 0 radical (unpaired) electrons. The van der Waals surface area contributed by atoms with Crippen LogP contribution in [0.4, 0.5) is 10.1 Å². The molecule has 0 aromatic heterocycles. The van der Waals surface area contributed by atoms with Crippen LogP contribution in [-0.4, -0.2) is 57.3 Å². The van der Waals surface area contributed by atoms with E-state index in [4.69, 9.17) is 10.5 Å². The highest BCUT2D eigenvalue weighted by molar-refractivity contribution is 5.78. The SMILES string of the molecule is COCCC(C)(C)CN=C(N)N1CCN(c2ccc(F)cc2)CC1. The molecule has 24 heavy (non-hydrogen) atoms. The molecule has 0 unspecified atom stereocenters. The number of guanidine groups is 1. The summed E-state index contributed by atoms with van der Waals surface area (Å²) in [6.07, 6.45) is 0.957. The van der Waals surface area contributed by atoms with Gasteiger partial charge in [0.05, 0.1) is 0 Å². The van der Waals surface area contributed by atoms with Crippen LogP contribution in [0.3, 0.4) is 0 Å². The zero-order valence-corrected chi connectivity index (χ0v) is 15.0. The number of anilines is 1. The lowest BCUT2D eigenvalue weighted by atomic mass is 9.90. The molecule has 1 aliphatic heterocycles. The van der Waals surface area contributed by atoms with Crippen molar-refractivity contribution in [2.45, 2.75) is 20.3 Å². The van der Waals surface area contributed by atoms with Gasteiger partial charge in [-0.2, -0.15) is 0 Å². The van der Waals surface area contributed by atoms with Crippen molar-refractivity contribution in [3.05, 3.63) is 30.1 Å². The summed E-state index contributed by atoms with van der Waals surface area (Å²) in [7, 11) is 1.72. The molecule has 0 bridgehead atoms. The third kappa shape index (κ3) is 5.37. The lowest BCUT2D eigenvalue weighted by Gasteiger charge is -2.37. The second-order valence-electron chi connectivity index (χ2n) is 7.03. The topological polar surface area (TPSA) is 54.1 Å². The maximum atomic E-state index is 13.0. The van der Waals surface area contributed by atoms with Crippen molar-refractivity contribution in [1.82, 2.24) is 4.90 Å². The van der Waals surface area contributed by atoms with Crippen molar-refractivity contribution in [3.63, 3.8) is 0 Å². The lowest BCUT2D eigenvalue weighted by molar-refractivity contribution is 0.155. The fourth-order valence-corrected chi connectivity index (χ4v) is 2.70. The Hall–Kier alpha value is -1.82. The van der Waals surface area contributed by atoms with Gasteiger partial charge in [0.15, 0.2) is 5.96 Å². The van der Waals surface area contributed by atoms with Gasteiger partial charge in [-0.25, -0.2) is 4.39 Å². The van der Waals surface area contributed by atoms with E-state index in [0.717, 1.165) is 44.9 Å². The van der Waals surface area contributed by atoms with Gasteiger partial charge in [0.25, 0.3) is 0 Å². The first-order valence-corrected chi connectivity index (χ1v) is 8.46. The number of aliphatic imine (C=N–C) groups is 1. The Labute approximate surface area is 144 Å². The number of piperazine rings is 1. The van der Waals surface area contributed by atoms with Crippen LogP contribution in [0.15, 0.2) is 29.3 Å². The molecule has 1 saturated heterocycles. The second kappa shape index (κ2) is 8.33. The minimum atomic E-state index is -0.204. The number of benzene rings is 1. The Kier molecular flexibility index (Phi) is 6.43. The lowest BCUT2D eigenvalue weighted by Crippen LogP contribution is -2.51. The van der Waals surface area contributed by atoms with Gasteiger partial charge in [0, 0.05) is 52.1 Å². The summed E-state index contributed by atoms with van der Waals surface area (Å²) in [6, 6.07) is 6.64. The van der Waals surface area contributed by atoms with Crippen LogP contribution in [0.1, 0.15) is 20.3 Å². The van der Waals surface area contributed by atoms with E-state index in [9.17, 15) is 4.39 Å². The van der Waals surface area contributed by atoms with Gasteiger partial charge in [-0.15, -0.1) is 0 Å². The Morgan fingerprint density at radius 3 is 2.42 bits per heavy atom. The average Bonchev–Trinajstić information content (AvgIpc) is 2.59. The molecule has 5 nitrogen and oxygen atoms in total. The quantitative estimate of drug-likeness (QED) is 0.640. The molecule has 0 saturated carbocycles. The van der Waals surface area contributed by atoms with Crippen LogP contribution >= 0.6 is 0 Å².